The van der Waals surface area contributed by atoms with Crippen LogP contribution in [0.5, 0.6) is 0 Å². The molecule has 0 aromatic rings. The lowest BCUT2D eigenvalue weighted by Crippen LogP contribution is -2.23. The topological polar surface area (TPSA) is 94.8 Å². The average Bonchev–Trinajstić information content (AvgIpc) is 2.50. The molecule has 0 fully saturated rings. The third-order valence-corrected chi connectivity index (χ3v) is 4.25. The van der Waals surface area contributed by atoms with Crippen molar-refractivity contribution in [1.29, 1.82) is 0 Å². The second kappa shape index (κ2) is 15.8. The van der Waals surface area contributed by atoms with Gasteiger partial charge in [-0.15, -0.1) is 0 Å². The summed E-state index contributed by atoms with van der Waals surface area (Å²) in [6.07, 6.45) is 14.9. The molecule has 0 aromatic carbocycles. The Morgan fingerprint density at radius 2 is 0.870 bits per heavy atom. The first-order valence-electron chi connectivity index (χ1n) is 9.16. The van der Waals surface area contributed by atoms with Gasteiger partial charge in [0, 0.05) is 6.61 Å². The van der Waals surface area contributed by atoms with E-state index < -0.39 is 17.9 Å². The minimum Gasteiger partial charge on any atom is -0.481 e. The molecule has 5 heteroatoms. The molecule has 0 bridgehead atoms. The monoisotopic (exact) mass is 330 g/mol. The smallest absolute Gasteiger partial charge is 0.317 e. The van der Waals surface area contributed by atoms with Crippen LogP contribution in [0.1, 0.15) is 89.9 Å². The van der Waals surface area contributed by atoms with E-state index in [1.54, 1.807) is 0 Å². The molecule has 0 aliphatic rings. The van der Waals surface area contributed by atoms with Crippen molar-refractivity contribution in [1.82, 2.24) is 0 Å². The number of hydrogen-bond acceptors (Lipinski definition) is 3. The molecule has 0 rings (SSSR count). The Balaban J connectivity index is 3.24. The molecule has 3 N–H and O–H groups in total. The summed E-state index contributed by atoms with van der Waals surface area (Å²) in [6.45, 7) is 0.313. The van der Waals surface area contributed by atoms with Gasteiger partial charge < -0.3 is 15.3 Å². The second-order valence-electron chi connectivity index (χ2n) is 6.34. The van der Waals surface area contributed by atoms with Crippen LogP contribution in [0.4, 0.5) is 0 Å². The lowest BCUT2D eigenvalue weighted by molar-refractivity contribution is -0.154. The van der Waals surface area contributed by atoms with E-state index in [1.165, 1.54) is 44.9 Å². The second-order valence-corrected chi connectivity index (χ2v) is 6.34. The zero-order valence-corrected chi connectivity index (χ0v) is 14.3. The molecule has 23 heavy (non-hydrogen) atoms. The summed E-state index contributed by atoms with van der Waals surface area (Å²) < 4.78 is 0. The van der Waals surface area contributed by atoms with Crippen LogP contribution in [-0.2, 0) is 9.59 Å². The molecule has 0 saturated carbocycles. The van der Waals surface area contributed by atoms with E-state index in [-0.39, 0.29) is 6.42 Å². The highest BCUT2D eigenvalue weighted by Gasteiger charge is 2.24. The number of aliphatic carboxylic acids is 2. The third-order valence-electron chi connectivity index (χ3n) is 4.25. The standard InChI is InChI=1S/C18H34O5/c19-15-13-11-9-7-5-3-1-2-4-6-8-10-12-14-16(17(20)21)18(22)23/h16,19H,1-15H2,(H,20,21)(H,22,23). The van der Waals surface area contributed by atoms with Crippen molar-refractivity contribution < 1.29 is 24.9 Å². The SMILES string of the molecule is O=C(O)C(CCCCCCCCCCCCCCCO)C(=O)O. The fraction of sp³-hybridized carbons (Fsp3) is 0.889. The highest BCUT2D eigenvalue weighted by atomic mass is 16.4. The van der Waals surface area contributed by atoms with Gasteiger partial charge in [0.25, 0.3) is 0 Å². The Morgan fingerprint density at radius 3 is 1.17 bits per heavy atom. The maximum Gasteiger partial charge on any atom is 0.317 e. The molecule has 0 spiro atoms. The maximum absolute atomic E-state index is 10.7. The molecular formula is C18H34O5. The van der Waals surface area contributed by atoms with Crippen LogP contribution in [0.3, 0.4) is 0 Å². The summed E-state index contributed by atoms with van der Waals surface area (Å²) in [6, 6.07) is 0. The molecule has 0 aliphatic heterocycles. The Labute approximate surface area is 140 Å². The zero-order chi connectivity index (χ0) is 17.3. The van der Waals surface area contributed by atoms with Crippen molar-refractivity contribution in [3.63, 3.8) is 0 Å². The van der Waals surface area contributed by atoms with Crippen molar-refractivity contribution >= 4 is 11.9 Å². The molecule has 0 unspecified atom stereocenters. The summed E-state index contributed by atoms with van der Waals surface area (Å²) in [7, 11) is 0. The summed E-state index contributed by atoms with van der Waals surface area (Å²) >= 11 is 0. The van der Waals surface area contributed by atoms with E-state index >= 15 is 0 Å². The molecule has 0 amide bonds. The molecular weight excluding hydrogens is 296 g/mol. The van der Waals surface area contributed by atoms with Crippen LogP contribution in [0.25, 0.3) is 0 Å². The number of hydrogen-bond donors (Lipinski definition) is 3. The Hall–Kier alpha value is -1.10. The van der Waals surface area contributed by atoms with Crippen molar-refractivity contribution in [2.75, 3.05) is 6.61 Å². The predicted molar refractivity (Wildman–Crippen MR) is 90.5 cm³/mol. The molecule has 0 radical (unpaired) electrons. The largest absolute Gasteiger partial charge is 0.481 e. The number of unbranched alkanes of at least 4 members (excludes halogenated alkanes) is 12. The summed E-state index contributed by atoms with van der Waals surface area (Å²) in [5.41, 5.74) is 0. The van der Waals surface area contributed by atoms with Crippen molar-refractivity contribution in [2.24, 2.45) is 5.92 Å². The fourth-order valence-electron chi connectivity index (χ4n) is 2.76. The van der Waals surface area contributed by atoms with Crippen molar-refractivity contribution in [3.05, 3.63) is 0 Å². The van der Waals surface area contributed by atoms with Crippen LogP contribution in [0.2, 0.25) is 0 Å². The lowest BCUT2D eigenvalue weighted by atomic mass is 10.00. The van der Waals surface area contributed by atoms with E-state index in [2.05, 4.69) is 0 Å². The van der Waals surface area contributed by atoms with Crippen LogP contribution < -0.4 is 0 Å². The Morgan fingerprint density at radius 1 is 0.565 bits per heavy atom. The van der Waals surface area contributed by atoms with Gasteiger partial charge in [-0.05, 0) is 12.8 Å². The number of carboxylic acids is 2. The predicted octanol–water partition coefficient (Wildman–Crippen LogP) is 4.23. The van der Waals surface area contributed by atoms with Gasteiger partial charge in [-0.2, -0.15) is 0 Å². The first-order chi connectivity index (χ1) is 11.1. The van der Waals surface area contributed by atoms with E-state index in [4.69, 9.17) is 15.3 Å². The van der Waals surface area contributed by atoms with Gasteiger partial charge in [-0.3, -0.25) is 9.59 Å². The molecule has 0 aromatic heterocycles. The van der Waals surface area contributed by atoms with Gasteiger partial charge >= 0.3 is 11.9 Å². The number of aliphatic hydroxyl groups is 1. The van der Waals surface area contributed by atoms with E-state index in [0.29, 0.717) is 13.0 Å². The van der Waals surface area contributed by atoms with Gasteiger partial charge in [-0.25, -0.2) is 0 Å². The zero-order valence-electron chi connectivity index (χ0n) is 14.3. The average molecular weight is 330 g/mol. The Bertz CT molecular complexity index is 290. The van der Waals surface area contributed by atoms with Gasteiger partial charge in [0.2, 0.25) is 0 Å². The molecule has 0 heterocycles. The van der Waals surface area contributed by atoms with E-state index in [9.17, 15) is 9.59 Å². The van der Waals surface area contributed by atoms with E-state index in [1.807, 2.05) is 0 Å². The van der Waals surface area contributed by atoms with Gasteiger partial charge in [0.1, 0.15) is 0 Å². The van der Waals surface area contributed by atoms with Crippen molar-refractivity contribution in [3.8, 4) is 0 Å². The molecule has 136 valence electrons. The molecule has 0 atom stereocenters. The summed E-state index contributed by atoms with van der Waals surface area (Å²) in [5.74, 6) is -3.70. The minimum atomic E-state index is -1.24. The van der Waals surface area contributed by atoms with Crippen molar-refractivity contribution in [2.45, 2.75) is 89.9 Å². The fourth-order valence-corrected chi connectivity index (χ4v) is 2.76. The summed E-state index contributed by atoms with van der Waals surface area (Å²) in [4.78, 5) is 21.4. The lowest BCUT2D eigenvalue weighted by Gasteiger charge is -2.07. The van der Waals surface area contributed by atoms with Gasteiger partial charge in [0.15, 0.2) is 5.92 Å². The van der Waals surface area contributed by atoms with E-state index in [0.717, 1.165) is 32.1 Å². The third kappa shape index (κ3) is 14.2. The van der Waals surface area contributed by atoms with Crippen LogP contribution >= 0.6 is 0 Å². The molecule has 5 nitrogen and oxygen atoms in total. The highest BCUT2D eigenvalue weighted by molar-refractivity contribution is 5.92. The molecule has 0 saturated heterocycles. The number of rotatable bonds is 17. The quantitative estimate of drug-likeness (QED) is 0.274. The van der Waals surface area contributed by atoms with Gasteiger partial charge in [0.05, 0.1) is 0 Å². The van der Waals surface area contributed by atoms with Crippen LogP contribution in [0, 0.1) is 5.92 Å². The first kappa shape index (κ1) is 21.9. The Kier molecular flexibility index (Phi) is 15.0. The number of aliphatic hydroxyl groups excluding tert-OH is 1. The summed E-state index contributed by atoms with van der Waals surface area (Å²) in [5, 5.41) is 26.2. The first-order valence-corrected chi connectivity index (χ1v) is 9.16. The number of carbonyl (C=O) groups is 2. The number of carboxylic acid groups (broad SMARTS) is 2. The molecule has 0 aliphatic carbocycles. The van der Waals surface area contributed by atoms with Gasteiger partial charge in [-0.1, -0.05) is 77.0 Å². The normalized spacial score (nSPS) is 11.0. The minimum absolute atomic E-state index is 0.237. The maximum atomic E-state index is 10.7. The van der Waals surface area contributed by atoms with Crippen LogP contribution in [0.15, 0.2) is 0 Å². The van der Waals surface area contributed by atoms with Crippen LogP contribution in [-0.4, -0.2) is 33.9 Å². The highest BCUT2D eigenvalue weighted by Crippen LogP contribution is 2.15.